The van der Waals surface area contributed by atoms with Gasteiger partial charge < -0.3 is 29.9 Å². The van der Waals surface area contributed by atoms with Gasteiger partial charge in [-0.3, -0.25) is 0 Å². The van der Waals surface area contributed by atoms with E-state index in [1.807, 2.05) is 46.6 Å². The maximum atomic E-state index is 3.20. The molecule has 2 saturated heterocycles. The van der Waals surface area contributed by atoms with Crippen LogP contribution < -0.4 is 20.6 Å². The molecule has 2 aliphatic rings. The van der Waals surface area contributed by atoms with E-state index in [2.05, 4.69) is 27.4 Å². The summed E-state index contributed by atoms with van der Waals surface area (Å²) in [6.45, 7) is 2.34. The smallest absolute Gasteiger partial charge is 0.354 e. The Bertz CT molecular complexity index is 157. The molecule has 0 unspecified atom stereocenters. The van der Waals surface area contributed by atoms with Crippen LogP contribution in [-0.2, 0) is 0 Å². The predicted molar refractivity (Wildman–Crippen MR) is 62.5 cm³/mol. The molecule has 4 N–H and O–H groups in total. The van der Waals surface area contributed by atoms with Crippen LogP contribution in [0, 0.1) is 0 Å². The zero-order valence-electron chi connectivity index (χ0n) is 8.36. The van der Waals surface area contributed by atoms with Gasteiger partial charge in [-0.15, -0.1) is 0 Å². The normalized spacial score (nSPS) is 24.7. The second-order valence-electron chi connectivity index (χ2n) is 3.42. The summed E-state index contributed by atoms with van der Waals surface area (Å²) in [6, 6.07) is 0. The Morgan fingerprint density at radius 1 is 0.929 bits per heavy atom. The largest absolute Gasteiger partial charge is 0.380 e. The molecule has 0 saturated carbocycles. The Morgan fingerprint density at radius 2 is 1.50 bits per heavy atom. The molecular formula is C2H10B6N6. The van der Waals surface area contributed by atoms with Gasteiger partial charge >= 0.3 is 7.12 Å². The molecule has 0 amide bonds. The maximum Gasteiger partial charge on any atom is 0.354 e. The van der Waals surface area contributed by atoms with Gasteiger partial charge in [0.25, 0.3) is 37.2 Å². The number of nitrogens with one attached hydrogen (secondary N) is 4. The highest BCUT2D eigenvalue weighted by molar-refractivity contribution is 6.86. The van der Waals surface area contributed by atoms with E-state index in [0.29, 0.717) is 0 Å². The molecule has 0 bridgehead atoms. The van der Waals surface area contributed by atoms with E-state index in [1.54, 1.807) is 0 Å². The molecule has 6 nitrogen and oxygen atoms in total. The Labute approximate surface area is 88.7 Å². The second kappa shape index (κ2) is 4.78. The van der Waals surface area contributed by atoms with Crippen LogP contribution in [0.5, 0.6) is 0 Å². The fraction of sp³-hybridized carbons (Fsp3) is 1.00. The average molecular weight is 183 g/mol. The molecule has 0 aromatic rings. The fourth-order valence-corrected chi connectivity index (χ4v) is 1.26. The van der Waals surface area contributed by atoms with Gasteiger partial charge in [0.15, 0.2) is 0 Å². The summed E-state index contributed by atoms with van der Waals surface area (Å²) in [5.74, 6) is 0. The van der Waals surface area contributed by atoms with Crippen molar-refractivity contribution in [3.05, 3.63) is 0 Å². The first-order valence-electron chi connectivity index (χ1n) is 4.62. The first-order valence-corrected chi connectivity index (χ1v) is 4.62. The van der Waals surface area contributed by atoms with E-state index < -0.39 is 0 Å². The second-order valence-corrected chi connectivity index (χ2v) is 3.42. The molecule has 14 heavy (non-hydrogen) atoms. The van der Waals surface area contributed by atoms with Crippen molar-refractivity contribution in [2.24, 2.45) is 0 Å². The van der Waals surface area contributed by atoms with Gasteiger partial charge in [0.2, 0.25) is 0 Å². The van der Waals surface area contributed by atoms with Crippen LogP contribution in [0.2, 0.25) is 6.82 Å². The molecule has 4 radical (unpaired) electrons. The van der Waals surface area contributed by atoms with Gasteiger partial charge in [-0.05, 0) is 7.05 Å². The molecule has 2 fully saturated rings. The molecule has 0 aliphatic carbocycles. The van der Waals surface area contributed by atoms with Gasteiger partial charge in [-0.25, -0.2) is 0 Å². The Balaban J connectivity index is 1.78. The summed E-state index contributed by atoms with van der Waals surface area (Å²) in [5, 5.41) is 12.7. The van der Waals surface area contributed by atoms with Crippen LogP contribution in [0.3, 0.4) is 0 Å². The number of rotatable bonds is 1. The molecule has 0 atom stereocenters. The van der Waals surface area contributed by atoms with E-state index in [9.17, 15) is 0 Å². The minimum atomic E-state index is 0.0544. The van der Waals surface area contributed by atoms with Crippen molar-refractivity contribution < 1.29 is 0 Å². The lowest BCUT2D eigenvalue weighted by Gasteiger charge is -2.37. The van der Waals surface area contributed by atoms with Gasteiger partial charge in [-0.2, -0.15) is 0 Å². The van der Waals surface area contributed by atoms with E-state index >= 15 is 0 Å². The monoisotopic (exact) mass is 184 g/mol. The molecular weight excluding hydrogens is 173 g/mol. The Hall–Kier alpha value is 0.150. The highest BCUT2D eigenvalue weighted by atomic mass is 15.2. The SMILES string of the molecule is CB1N[B]N(B2N[B]N(C)[B]N2)[B]N1. The molecule has 0 aromatic carbocycles. The van der Waals surface area contributed by atoms with Crippen molar-refractivity contribution in [2.45, 2.75) is 6.82 Å². The van der Waals surface area contributed by atoms with Crippen molar-refractivity contribution in [2.75, 3.05) is 7.05 Å². The molecule has 2 aliphatic heterocycles. The molecule has 12 heteroatoms. The highest BCUT2D eigenvalue weighted by Gasteiger charge is 2.32. The zero-order valence-corrected chi connectivity index (χ0v) is 8.36. The van der Waals surface area contributed by atoms with Gasteiger partial charge in [0.1, 0.15) is 0 Å². The van der Waals surface area contributed by atoms with Crippen LogP contribution in [0.15, 0.2) is 0 Å². The Kier molecular flexibility index (Phi) is 3.64. The van der Waals surface area contributed by atoms with E-state index in [-0.39, 0.29) is 14.1 Å². The number of hydrogen-bond donors (Lipinski definition) is 4. The molecule has 66 valence electrons. The van der Waals surface area contributed by atoms with Crippen LogP contribution >= 0.6 is 0 Å². The lowest BCUT2D eigenvalue weighted by atomic mass is 9.58. The van der Waals surface area contributed by atoms with E-state index in [1.165, 1.54) is 0 Å². The van der Waals surface area contributed by atoms with Crippen LogP contribution in [-0.4, -0.2) is 60.7 Å². The van der Waals surface area contributed by atoms with E-state index in [0.717, 1.165) is 0 Å². The van der Waals surface area contributed by atoms with Gasteiger partial charge in [-0.1, -0.05) is 6.82 Å². The van der Waals surface area contributed by atoms with Crippen LogP contribution in [0.25, 0.3) is 0 Å². The van der Waals surface area contributed by atoms with Gasteiger partial charge in [0, 0.05) is 0 Å². The van der Waals surface area contributed by atoms with Crippen molar-refractivity contribution in [3.63, 3.8) is 0 Å². The standard InChI is InChI=1S/C2H10B6N6/c1-7-9-5-14(6-10-7)8-11-3-13(2)4-12-8/h9-12H,1-2H3. The Morgan fingerprint density at radius 3 is 2.07 bits per heavy atom. The summed E-state index contributed by atoms with van der Waals surface area (Å²) in [6.07, 6.45) is 0. The minimum absolute atomic E-state index is 0.0544. The van der Waals surface area contributed by atoms with Crippen molar-refractivity contribution in [3.8, 4) is 0 Å². The lowest BCUT2D eigenvalue weighted by molar-refractivity contribution is 0.784. The van der Waals surface area contributed by atoms with Crippen molar-refractivity contribution in [1.29, 1.82) is 0 Å². The minimum Gasteiger partial charge on any atom is -0.380 e. The first-order chi connectivity index (χ1) is 6.75. The summed E-state index contributed by atoms with van der Waals surface area (Å²) in [4.78, 5) is 0. The van der Waals surface area contributed by atoms with Crippen molar-refractivity contribution >= 4 is 44.3 Å². The highest BCUT2D eigenvalue weighted by Crippen LogP contribution is 1.90. The summed E-state index contributed by atoms with van der Waals surface area (Å²) in [5.41, 5.74) is 0. The van der Waals surface area contributed by atoms with E-state index in [4.69, 9.17) is 0 Å². The zero-order chi connectivity index (χ0) is 9.97. The van der Waals surface area contributed by atoms with Gasteiger partial charge in [0.05, 0.1) is 0 Å². The summed E-state index contributed by atoms with van der Waals surface area (Å²) < 4.78 is 3.91. The predicted octanol–water partition coefficient (Wildman–Crippen LogP) is -4.15. The first kappa shape index (κ1) is 10.7. The average Bonchev–Trinajstić information content (AvgIpc) is 2.21. The van der Waals surface area contributed by atoms with Crippen LogP contribution in [0.1, 0.15) is 0 Å². The molecule has 2 heterocycles. The number of hydrogen-bond acceptors (Lipinski definition) is 6. The molecule has 0 aromatic heterocycles. The number of nitrogens with zero attached hydrogens (tertiary/aromatic N) is 2. The van der Waals surface area contributed by atoms with Crippen LogP contribution in [0.4, 0.5) is 0 Å². The summed E-state index contributed by atoms with van der Waals surface area (Å²) in [7, 11) is 9.68. The quantitative estimate of drug-likeness (QED) is 0.310. The third-order valence-electron chi connectivity index (χ3n) is 2.12. The third kappa shape index (κ3) is 2.59. The molecule has 0 spiro atoms. The fourth-order valence-electron chi connectivity index (χ4n) is 1.26. The molecule has 2 rings (SSSR count). The summed E-state index contributed by atoms with van der Waals surface area (Å²) >= 11 is 0. The third-order valence-corrected chi connectivity index (χ3v) is 2.12. The topological polar surface area (TPSA) is 54.6 Å². The van der Waals surface area contributed by atoms with Crippen molar-refractivity contribution in [1.82, 2.24) is 29.9 Å². The lowest BCUT2D eigenvalue weighted by Crippen LogP contribution is -2.77. The maximum absolute atomic E-state index is 3.20.